The number of hydrogen-bond acceptors (Lipinski definition) is 6. The standard InChI is InChI=1S/C35H57N3O6/c1-6-8-9-10-11-12-13-14-15-16-23-36-31(39)30-19-17-28(18-20-30)26-38(32(40)33(41)43-7-2)27-29-21-24-37(25-22-29)34(42)44-35(3,4)5/h17-20,29H,6-16,21-27H2,1-5H3,(H,36,39). The number of unbranched alkanes of at least 4 members (excludes halogenated alkanes) is 9. The van der Waals surface area contributed by atoms with Gasteiger partial charge in [-0.15, -0.1) is 0 Å². The molecule has 1 N–H and O–H groups in total. The fourth-order valence-electron chi connectivity index (χ4n) is 5.38. The summed E-state index contributed by atoms with van der Waals surface area (Å²) in [6.07, 6.45) is 13.6. The van der Waals surface area contributed by atoms with E-state index in [-0.39, 0.29) is 31.1 Å². The van der Waals surface area contributed by atoms with Gasteiger partial charge in [-0.05, 0) is 70.6 Å². The van der Waals surface area contributed by atoms with Gasteiger partial charge in [-0.1, -0.05) is 76.8 Å². The van der Waals surface area contributed by atoms with Crippen LogP contribution in [-0.2, 0) is 25.6 Å². The van der Waals surface area contributed by atoms with Crippen LogP contribution >= 0.6 is 0 Å². The molecule has 1 aromatic carbocycles. The maximum atomic E-state index is 13.0. The first-order valence-corrected chi connectivity index (χ1v) is 16.8. The zero-order valence-electron chi connectivity index (χ0n) is 28.0. The Morgan fingerprint density at radius 3 is 1.98 bits per heavy atom. The van der Waals surface area contributed by atoms with E-state index in [1.807, 2.05) is 32.9 Å². The summed E-state index contributed by atoms with van der Waals surface area (Å²) in [5.41, 5.74) is 0.832. The quantitative estimate of drug-likeness (QED) is 0.116. The van der Waals surface area contributed by atoms with Crippen LogP contribution in [0.15, 0.2) is 24.3 Å². The molecule has 0 bridgehead atoms. The van der Waals surface area contributed by atoms with Gasteiger partial charge in [0, 0.05) is 38.3 Å². The second-order valence-electron chi connectivity index (χ2n) is 13.0. The molecule has 0 aromatic heterocycles. The Morgan fingerprint density at radius 2 is 1.43 bits per heavy atom. The average Bonchev–Trinajstić information content (AvgIpc) is 2.99. The molecule has 1 aliphatic heterocycles. The Bertz CT molecular complexity index is 1010. The molecule has 1 saturated heterocycles. The number of esters is 1. The van der Waals surface area contributed by atoms with Crippen LogP contribution in [0.2, 0.25) is 0 Å². The molecule has 44 heavy (non-hydrogen) atoms. The van der Waals surface area contributed by atoms with Crippen LogP contribution in [0.25, 0.3) is 0 Å². The van der Waals surface area contributed by atoms with Crippen LogP contribution in [0.5, 0.6) is 0 Å². The van der Waals surface area contributed by atoms with E-state index >= 15 is 0 Å². The van der Waals surface area contributed by atoms with Crippen molar-refractivity contribution in [2.24, 2.45) is 5.92 Å². The van der Waals surface area contributed by atoms with Crippen molar-refractivity contribution in [2.45, 2.75) is 124 Å². The molecule has 0 spiro atoms. The first kappa shape index (κ1) is 37.1. The Kier molecular flexibility index (Phi) is 16.9. The van der Waals surface area contributed by atoms with E-state index in [4.69, 9.17) is 9.47 Å². The van der Waals surface area contributed by atoms with Crippen molar-refractivity contribution in [2.75, 3.05) is 32.8 Å². The van der Waals surface area contributed by atoms with Crippen molar-refractivity contribution in [1.29, 1.82) is 0 Å². The third-order valence-electron chi connectivity index (χ3n) is 7.89. The number of benzene rings is 1. The minimum atomic E-state index is -0.873. The van der Waals surface area contributed by atoms with Gasteiger partial charge in [0.15, 0.2) is 0 Å². The Hall–Kier alpha value is -3.10. The lowest BCUT2D eigenvalue weighted by Gasteiger charge is -2.35. The third-order valence-corrected chi connectivity index (χ3v) is 7.89. The Morgan fingerprint density at radius 1 is 0.864 bits per heavy atom. The van der Waals surface area contributed by atoms with Crippen LogP contribution < -0.4 is 5.32 Å². The molecule has 248 valence electrons. The average molecular weight is 616 g/mol. The molecule has 0 unspecified atom stereocenters. The monoisotopic (exact) mass is 615 g/mol. The summed E-state index contributed by atoms with van der Waals surface area (Å²) in [6.45, 7) is 11.9. The summed E-state index contributed by atoms with van der Waals surface area (Å²) < 4.78 is 10.5. The fraction of sp³-hybridized carbons (Fsp3) is 0.714. The lowest BCUT2D eigenvalue weighted by Crippen LogP contribution is -2.45. The molecule has 9 nitrogen and oxygen atoms in total. The number of nitrogens with zero attached hydrogens (tertiary/aromatic N) is 2. The van der Waals surface area contributed by atoms with Gasteiger partial charge in [-0.2, -0.15) is 0 Å². The number of amides is 3. The number of hydrogen-bond donors (Lipinski definition) is 1. The molecule has 0 atom stereocenters. The highest BCUT2D eigenvalue weighted by molar-refractivity contribution is 6.32. The minimum absolute atomic E-state index is 0.108. The predicted octanol–water partition coefficient (Wildman–Crippen LogP) is 6.88. The van der Waals surface area contributed by atoms with Crippen molar-refractivity contribution in [1.82, 2.24) is 15.1 Å². The van der Waals surface area contributed by atoms with Crippen molar-refractivity contribution >= 4 is 23.9 Å². The van der Waals surface area contributed by atoms with Crippen molar-refractivity contribution < 1.29 is 28.7 Å². The van der Waals surface area contributed by atoms with Gasteiger partial charge in [-0.3, -0.25) is 9.59 Å². The molecule has 0 radical (unpaired) electrons. The Balaban J connectivity index is 1.82. The minimum Gasteiger partial charge on any atom is -0.459 e. The SMILES string of the molecule is CCCCCCCCCCCCNC(=O)c1ccc(CN(CC2CCN(C(=O)OC(C)(C)C)CC2)C(=O)C(=O)OCC)cc1. The second-order valence-corrected chi connectivity index (χ2v) is 13.0. The molecule has 1 fully saturated rings. The maximum Gasteiger partial charge on any atom is 0.410 e. The van der Waals surface area contributed by atoms with Gasteiger partial charge in [0.2, 0.25) is 0 Å². The van der Waals surface area contributed by atoms with E-state index in [0.29, 0.717) is 44.6 Å². The molecule has 0 aliphatic carbocycles. The van der Waals surface area contributed by atoms with Crippen molar-refractivity contribution in [3.63, 3.8) is 0 Å². The number of likely N-dealkylation sites (tertiary alicyclic amines) is 1. The largest absolute Gasteiger partial charge is 0.459 e. The molecule has 2 rings (SSSR count). The highest BCUT2D eigenvalue weighted by atomic mass is 16.6. The van der Waals surface area contributed by atoms with E-state index in [1.54, 1.807) is 24.0 Å². The van der Waals surface area contributed by atoms with E-state index in [0.717, 1.165) is 18.4 Å². The Labute approximate surface area is 265 Å². The number of piperidine rings is 1. The van der Waals surface area contributed by atoms with Crippen LogP contribution in [0.3, 0.4) is 0 Å². The van der Waals surface area contributed by atoms with E-state index in [9.17, 15) is 19.2 Å². The van der Waals surface area contributed by atoms with Crippen molar-refractivity contribution in [3.05, 3.63) is 35.4 Å². The van der Waals surface area contributed by atoms with E-state index < -0.39 is 17.5 Å². The third kappa shape index (κ3) is 14.6. The number of ether oxygens (including phenoxy) is 2. The van der Waals surface area contributed by atoms with E-state index in [1.165, 1.54) is 56.3 Å². The van der Waals surface area contributed by atoms with Gasteiger partial charge in [0.1, 0.15) is 5.60 Å². The molecule has 9 heteroatoms. The van der Waals surface area contributed by atoms with Gasteiger partial charge in [0.25, 0.3) is 5.91 Å². The number of nitrogens with one attached hydrogen (secondary N) is 1. The summed E-state index contributed by atoms with van der Waals surface area (Å²) in [4.78, 5) is 53.6. The van der Waals surface area contributed by atoms with Gasteiger partial charge < -0.3 is 24.6 Å². The molecule has 1 aliphatic rings. The number of carbonyl (C=O) groups excluding carboxylic acids is 4. The van der Waals surface area contributed by atoms with Gasteiger partial charge >= 0.3 is 18.0 Å². The summed E-state index contributed by atoms with van der Waals surface area (Å²) in [7, 11) is 0. The molecular weight excluding hydrogens is 558 g/mol. The first-order valence-electron chi connectivity index (χ1n) is 16.8. The highest BCUT2D eigenvalue weighted by Crippen LogP contribution is 2.22. The number of rotatable bonds is 17. The summed E-state index contributed by atoms with van der Waals surface area (Å²) in [5.74, 6) is -1.53. The fourth-order valence-corrected chi connectivity index (χ4v) is 5.38. The van der Waals surface area contributed by atoms with Crippen LogP contribution in [-0.4, -0.2) is 72.1 Å². The van der Waals surface area contributed by atoms with Crippen LogP contribution in [0.1, 0.15) is 128 Å². The summed E-state index contributed by atoms with van der Waals surface area (Å²) in [5, 5.41) is 3.01. The van der Waals surface area contributed by atoms with Crippen LogP contribution in [0, 0.1) is 5.92 Å². The summed E-state index contributed by atoms with van der Waals surface area (Å²) >= 11 is 0. The van der Waals surface area contributed by atoms with Gasteiger partial charge in [-0.25, -0.2) is 9.59 Å². The topological polar surface area (TPSA) is 105 Å². The van der Waals surface area contributed by atoms with Crippen molar-refractivity contribution in [3.8, 4) is 0 Å². The molecule has 1 aromatic rings. The molecule has 0 saturated carbocycles. The zero-order valence-corrected chi connectivity index (χ0v) is 28.0. The predicted molar refractivity (Wildman–Crippen MR) is 173 cm³/mol. The van der Waals surface area contributed by atoms with Crippen LogP contribution in [0.4, 0.5) is 4.79 Å². The smallest absolute Gasteiger partial charge is 0.410 e. The first-order chi connectivity index (χ1) is 21.0. The van der Waals surface area contributed by atoms with E-state index in [2.05, 4.69) is 12.2 Å². The molecular formula is C35H57N3O6. The second kappa shape index (κ2) is 20.0. The lowest BCUT2D eigenvalue weighted by molar-refractivity contribution is -0.160. The van der Waals surface area contributed by atoms with Gasteiger partial charge in [0.05, 0.1) is 6.61 Å². The lowest BCUT2D eigenvalue weighted by atomic mass is 9.96. The number of carbonyl (C=O) groups is 4. The highest BCUT2D eigenvalue weighted by Gasteiger charge is 2.31. The zero-order chi connectivity index (χ0) is 32.4. The summed E-state index contributed by atoms with van der Waals surface area (Å²) in [6, 6.07) is 7.17. The molecule has 1 heterocycles. The normalized spacial score (nSPS) is 13.8. The maximum absolute atomic E-state index is 13.0. The molecule has 3 amide bonds.